The molecule has 0 unspecified atom stereocenters. The first-order chi connectivity index (χ1) is 16.9. The molecule has 5 heterocycles. The van der Waals surface area contributed by atoms with E-state index in [-0.39, 0.29) is 17.1 Å². The van der Waals surface area contributed by atoms with Gasteiger partial charge in [0, 0.05) is 43.9 Å². The third-order valence-electron chi connectivity index (χ3n) is 7.42. The van der Waals surface area contributed by atoms with Gasteiger partial charge in [-0.05, 0) is 37.2 Å². The second-order valence-corrected chi connectivity index (χ2v) is 10.2. The van der Waals surface area contributed by atoms with E-state index in [1.54, 1.807) is 10.9 Å². The van der Waals surface area contributed by atoms with E-state index in [1.165, 1.54) is 0 Å². The van der Waals surface area contributed by atoms with Crippen molar-refractivity contribution >= 4 is 17.2 Å². The van der Waals surface area contributed by atoms with E-state index in [2.05, 4.69) is 44.4 Å². The predicted molar refractivity (Wildman–Crippen MR) is 128 cm³/mol. The summed E-state index contributed by atoms with van der Waals surface area (Å²) in [6.07, 6.45) is 10.5. The van der Waals surface area contributed by atoms with E-state index in [1.807, 2.05) is 36.2 Å². The van der Waals surface area contributed by atoms with Gasteiger partial charge in [0.05, 0.1) is 24.3 Å². The highest BCUT2D eigenvalue weighted by atomic mass is 16.5. The summed E-state index contributed by atoms with van der Waals surface area (Å²) in [5, 5.41) is 15.6. The van der Waals surface area contributed by atoms with Gasteiger partial charge in [-0.2, -0.15) is 15.2 Å². The Kier molecular flexibility index (Phi) is 5.08. The summed E-state index contributed by atoms with van der Waals surface area (Å²) in [7, 11) is 1.90. The zero-order valence-corrected chi connectivity index (χ0v) is 20.2. The molecule has 0 spiro atoms. The van der Waals surface area contributed by atoms with Crippen LogP contribution in [-0.2, 0) is 12.5 Å². The minimum atomic E-state index is -0.273. The second kappa shape index (κ2) is 8.17. The molecule has 4 aromatic rings. The molecule has 182 valence electrons. The van der Waals surface area contributed by atoms with Gasteiger partial charge in [0.25, 0.3) is 11.7 Å². The minimum Gasteiger partial charge on any atom is -0.355 e. The summed E-state index contributed by atoms with van der Waals surface area (Å²) in [6.45, 7) is 6.58. The van der Waals surface area contributed by atoms with E-state index in [0.717, 1.165) is 54.9 Å². The fraction of sp³-hybridized carbons (Fsp3) is 0.500. The number of aryl methyl sites for hydroxylation is 1. The molecule has 4 aromatic heterocycles. The lowest BCUT2D eigenvalue weighted by Crippen LogP contribution is -2.44. The summed E-state index contributed by atoms with van der Waals surface area (Å²) >= 11 is 0. The van der Waals surface area contributed by atoms with E-state index in [0.29, 0.717) is 24.3 Å². The topological polar surface area (TPSA) is 119 Å². The number of carbonyl (C=O) groups is 1. The van der Waals surface area contributed by atoms with Crippen LogP contribution >= 0.6 is 0 Å². The van der Waals surface area contributed by atoms with E-state index in [9.17, 15) is 4.79 Å². The van der Waals surface area contributed by atoms with Crippen LogP contribution in [0, 0.1) is 11.8 Å². The Morgan fingerprint density at radius 3 is 2.86 bits per heavy atom. The molecule has 0 aromatic carbocycles. The van der Waals surface area contributed by atoms with Gasteiger partial charge in [-0.1, -0.05) is 19.0 Å². The molecule has 6 rings (SSSR count). The van der Waals surface area contributed by atoms with Gasteiger partial charge < -0.3 is 14.7 Å². The Labute approximate surface area is 202 Å². The Balaban J connectivity index is 1.13. The average molecular weight is 476 g/mol. The molecule has 1 aliphatic carbocycles. The molecule has 1 amide bonds. The van der Waals surface area contributed by atoms with Gasteiger partial charge >= 0.3 is 0 Å². The standard InChI is InChI=1S/C24H29N9O2/c1-15-12-32(21-19-4-8-26-33(19)14-18(28-21)17-11-27-31(3)13-17)9-5-16(15)10-25-22(34)20-29-23(35-30-20)24(2)6-7-24/h4,8,11,13-16H,5-7,9-10,12H2,1-3H3,(H,25,34)/t15-,16-/m0/s1. The molecule has 0 radical (unpaired) electrons. The lowest BCUT2D eigenvalue weighted by Gasteiger charge is -2.38. The van der Waals surface area contributed by atoms with Crippen molar-refractivity contribution in [2.45, 2.75) is 38.5 Å². The zero-order valence-electron chi connectivity index (χ0n) is 20.2. The number of hydrogen-bond donors (Lipinski definition) is 1. The van der Waals surface area contributed by atoms with Crippen LogP contribution in [0.4, 0.5) is 5.82 Å². The summed E-state index contributed by atoms with van der Waals surface area (Å²) in [6, 6.07) is 1.99. The monoisotopic (exact) mass is 475 g/mol. The molecular formula is C24H29N9O2. The summed E-state index contributed by atoms with van der Waals surface area (Å²) in [5.74, 6) is 2.05. The predicted octanol–water partition coefficient (Wildman–Crippen LogP) is 2.46. The van der Waals surface area contributed by atoms with Gasteiger partial charge in [0.2, 0.25) is 5.89 Å². The average Bonchev–Trinajstić information content (AvgIpc) is 3.29. The van der Waals surface area contributed by atoms with Crippen molar-refractivity contribution in [1.29, 1.82) is 0 Å². The maximum Gasteiger partial charge on any atom is 0.292 e. The van der Waals surface area contributed by atoms with E-state index < -0.39 is 0 Å². The maximum atomic E-state index is 12.6. The Bertz CT molecular complexity index is 1380. The normalized spacial score (nSPS) is 21.4. The highest BCUT2D eigenvalue weighted by Crippen LogP contribution is 2.46. The quantitative estimate of drug-likeness (QED) is 0.452. The van der Waals surface area contributed by atoms with Crippen LogP contribution in [0.25, 0.3) is 16.8 Å². The SMILES string of the molecule is C[C@H]1CN(c2nc(-c3cnn(C)c3)cn3nccc23)CC[C@H]1CNC(=O)c1noc(C2(C)CC2)n1. The van der Waals surface area contributed by atoms with Crippen molar-refractivity contribution in [2.75, 3.05) is 24.5 Å². The van der Waals surface area contributed by atoms with Crippen LogP contribution < -0.4 is 10.2 Å². The molecule has 2 aliphatic rings. The van der Waals surface area contributed by atoms with Crippen molar-refractivity contribution in [3.63, 3.8) is 0 Å². The molecule has 1 saturated carbocycles. The van der Waals surface area contributed by atoms with Crippen LogP contribution in [0.3, 0.4) is 0 Å². The highest BCUT2D eigenvalue weighted by Gasteiger charge is 2.45. The first kappa shape index (κ1) is 21.8. The minimum absolute atomic E-state index is 0.0455. The number of amides is 1. The van der Waals surface area contributed by atoms with Crippen molar-refractivity contribution in [3.05, 3.63) is 42.6 Å². The molecule has 35 heavy (non-hydrogen) atoms. The number of aromatic nitrogens is 7. The number of nitrogens with zero attached hydrogens (tertiary/aromatic N) is 8. The molecule has 1 saturated heterocycles. The van der Waals surface area contributed by atoms with Crippen LogP contribution in [0.1, 0.15) is 49.6 Å². The fourth-order valence-electron chi connectivity index (χ4n) is 4.79. The van der Waals surface area contributed by atoms with E-state index >= 15 is 0 Å². The molecular weight excluding hydrogens is 446 g/mol. The first-order valence-electron chi connectivity index (χ1n) is 12.1. The summed E-state index contributed by atoms with van der Waals surface area (Å²) < 4.78 is 8.96. The number of fused-ring (bicyclic) bond motifs is 1. The van der Waals surface area contributed by atoms with Crippen LogP contribution in [0.15, 0.2) is 35.4 Å². The maximum absolute atomic E-state index is 12.6. The van der Waals surface area contributed by atoms with Crippen LogP contribution in [-0.4, -0.2) is 60.1 Å². The molecule has 1 aliphatic heterocycles. The molecule has 11 nitrogen and oxygen atoms in total. The number of nitrogens with one attached hydrogen (secondary N) is 1. The number of piperidine rings is 1. The Hall–Kier alpha value is -3.76. The van der Waals surface area contributed by atoms with Gasteiger partial charge in [-0.3, -0.25) is 9.48 Å². The van der Waals surface area contributed by atoms with Gasteiger partial charge in [0.1, 0.15) is 5.52 Å². The van der Waals surface area contributed by atoms with Crippen LogP contribution in [0.5, 0.6) is 0 Å². The number of anilines is 1. The fourth-order valence-corrected chi connectivity index (χ4v) is 4.79. The summed E-state index contributed by atoms with van der Waals surface area (Å²) in [4.78, 5) is 24.2. The van der Waals surface area contributed by atoms with Crippen LogP contribution in [0.2, 0.25) is 0 Å². The van der Waals surface area contributed by atoms with Crippen molar-refractivity contribution in [1.82, 2.24) is 39.8 Å². The van der Waals surface area contributed by atoms with E-state index in [4.69, 9.17) is 9.51 Å². The lowest BCUT2D eigenvalue weighted by molar-refractivity contribution is 0.0926. The third kappa shape index (κ3) is 4.04. The number of carbonyl (C=O) groups excluding carboxylic acids is 1. The van der Waals surface area contributed by atoms with Gasteiger partial charge in [-0.25, -0.2) is 9.50 Å². The Morgan fingerprint density at radius 2 is 2.11 bits per heavy atom. The largest absolute Gasteiger partial charge is 0.355 e. The number of rotatable bonds is 6. The molecule has 2 fully saturated rings. The molecule has 11 heteroatoms. The van der Waals surface area contributed by atoms with Gasteiger partial charge in [0.15, 0.2) is 5.82 Å². The Morgan fingerprint density at radius 1 is 1.26 bits per heavy atom. The van der Waals surface area contributed by atoms with Gasteiger partial charge in [-0.15, -0.1) is 0 Å². The molecule has 1 N–H and O–H groups in total. The second-order valence-electron chi connectivity index (χ2n) is 10.2. The zero-order chi connectivity index (χ0) is 24.2. The smallest absolute Gasteiger partial charge is 0.292 e. The highest BCUT2D eigenvalue weighted by molar-refractivity contribution is 5.90. The third-order valence-corrected chi connectivity index (χ3v) is 7.42. The van der Waals surface area contributed by atoms with Crippen molar-refractivity contribution in [2.24, 2.45) is 18.9 Å². The first-order valence-corrected chi connectivity index (χ1v) is 12.1. The number of hydrogen-bond acceptors (Lipinski definition) is 8. The summed E-state index contributed by atoms with van der Waals surface area (Å²) in [5.41, 5.74) is 2.73. The lowest BCUT2D eigenvalue weighted by atomic mass is 9.86. The molecule has 0 bridgehead atoms. The van der Waals surface area contributed by atoms with Crippen molar-refractivity contribution < 1.29 is 9.32 Å². The van der Waals surface area contributed by atoms with Crippen molar-refractivity contribution in [3.8, 4) is 11.3 Å². The molecule has 2 atom stereocenters.